The van der Waals surface area contributed by atoms with Crippen LogP contribution in [0.5, 0.6) is 34.5 Å². The summed E-state index contributed by atoms with van der Waals surface area (Å²) in [5.74, 6) is 4.64. The molecule has 3 aliphatic rings. The quantitative estimate of drug-likeness (QED) is 0.167. The second kappa shape index (κ2) is 12.0. The van der Waals surface area contributed by atoms with Gasteiger partial charge in [0.15, 0.2) is 11.5 Å². The molecule has 0 atom stereocenters. The van der Waals surface area contributed by atoms with Crippen LogP contribution in [-0.2, 0) is 0 Å². The van der Waals surface area contributed by atoms with E-state index in [-0.39, 0.29) is 0 Å². The lowest BCUT2D eigenvalue weighted by atomic mass is 10.0. The summed E-state index contributed by atoms with van der Waals surface area (Å²) < 4.78 is 26.4. The highest BCUT2D eigenvalue weighted by atomic mass is 28.3. The molecule has 0 saturated carbocycles. The molecule has 0 aliphatic carbocycles. The fourth-order valence-corrected chi connectivity index (χ4v) is 13.5. The third-order valence-electron chi connectivity index (χ3n) is 10.7. The molecule has 8 aromatic rings. The lowest BCUT2D eigenvalue weighted by Crippen LogP contribution is -2.78. The maximum atomic E-state index is 7.20. The predicted molar refractivity (Wildman–Crippen MR) is 219 cm³/mol. The number of rotatable bonds is 2. The Morgan fingerprint density at radius 3 is 1.09 bits per heavy atom. The summed E-state index contributed by atoms with van der Waals surface area (Å²) in [6.45, 7) is 0. The Kier molecular flexibility index (Phi) is 6.81. The van der Waals surface area contributed by atoms with E-state index >= 15 is 0 Å². The van der Waals surface area contributed by atoms with E-state index in [0.717, 1.165) is 89.9 Å². The highest BCUT2D eigenvalue weighted by Gasteiger charge is 2.60. The van der Waals surface area contributed by atoms with Crippen LogP contribution in [0.15, 0.2) is 194 Å². The van der Waals surface area contributed by atoms with E-state index in [1.165, 1.54) is 0 Å². The zero-order valence-corrected chi connectivity index (χ0v) is 30.1. The normalized spacial score (nSPS) is 14.1. The van der Waals surface area contributed by atoms with E-state index in [2.05, 4.69) is 191 Å². The van der Waals surface area contributed by atoms with Crippen molar-refractivity contribution in [3.63, 3.8) is 0 Å². The molecule has 0 unspecified atom stereocenters. The lowest BCUT2D eigenvalue weighted by molar-refractivity contribution is 0.483. The number of anilines is 4. The molecule has 6 heteroatoms. The van der Waals surface area contributed by atoms with Gasteiger partial charge in [0.25, 0.3) is 0 Å². The Morgan fingerprint density at radius 2 is 0.630 bits per heavy atom. The number of hydrogen-bond donors (Lipinski definition) is 0. The molecule has 3 aliphatic heterocycles. The SMILES string of the molecule is c1ccc(-c2ccc3c(c2)N2c4ccccc4Oc4ccccc4[Si]24c2ccccc2Oc2ccccc2N4c2cc(-c4ccccc4)ccc2O3)cc1. The highest BCUT2D eigenvalue weighted by Crippen LogP contribution is 2.56. The Labute approximate surface area is 314 Å². The molecular weight excluding hydrogens is 681 g/mol. The van der Waals surface area contributed by atoms with Crippen LogP contribution in [0.4, 0.5) is 22.7 Å². The van der Waals surface area contributed by atoms with Crippen molar-refractivity contribution in [2.24, 2.45) is 0 Å². The summed E-state index contributed by atoms with van der Waals surface area (Å²) in [7, 11) is -3.66. The van der Waals surface area contributed by atoms with Gasteiger partial charge in [0.05, 0.1) is 22.7 Å². The number of ether oxygens (including phenoxy) is 3. The minimum absolute atomic E-state index is 0.750. The van der Waals surface area contributed by atoms with Gasteiger partial charge in [-0.3, -0.25) is 0 Å². The van der Waals surface area contributed by atoms with Gasteiger partial charge in [0.1, 0.15) is 23.0 Å². The van der Waals surface area contributed by atoms with E-state index in [0.29, 0.717) is 0 Å². The molecule has 0 radical (unpaired) electrons. The minimum Gasteiger partial charge on any atom is -0.455 e. The molecule has 0 N–H and O–H groups in total. The first-order valence-electron chi connectivity index (χ1n) is 18.2. The molecule has 1 spiro atoms. The Morgan fingerprint density at radius 1 is 0.278 bits per heavy atom. The average molecular weight is 713 g/mol. The fraction of sp³-hybridized carbons (Fsp3) is 0. The van der Waals surface area contributed by atoms with Crippen molar-refractivity contribution < 1.29 is 14.2 Å². The summed E-state index contributed by atoms with van der Waals surface area (Å²) in [5.41, 5.74) is 8.18. The van der Waals surface area contributed by atoms with Crippen molar-refractivity contribution in [1.29, 1.82) is 0 Å². The van der Waals surface area contributed by atoms with Crippen molar-refractivity contribution >= 4 is 41.5 Å². The standard InChI is InChI=1S/C48H32N2O3Si/c1-3-15-33(16-4-1)35-27-29-43-39(31-35)49-37-19-7-9-21-41(37)52-45-23-11-13-25-47(45)54(49)48-26-14-12-24-46(48)53-42-22-10-8-20-38(42)50(54)40-32-36(28-30-44(40)51-43)34-17-5-2-6-18-34/h1-32H. The van der Waals surface area contributed by atoms with Crippen LogP contribution in [0, 0.1) is 0 Å². The topological polar surface area (TPSA) is 34.2 Å². The van der Waals surface area contributed by atoms with Gasteiger partial charge in [-0.1, -0.05) is 133 Å². The van der Waals surface area contributed by atoms with E-state index in [1.54, 1.807) is 0 Å². The molecule has 5 nitrogen and oxygen atoms in total. The van der Waals surface area contributed by atoms with Gasteiger partial charge in [-0.15, -0.1) is 0 Å². The smallest absolute Gasteiger partial charge is 0.348 e. The number of fused-ring (bicyclic) bond motifs is 10. The van der Waals surface area contributed by atoms with Crippen molar-refractivity contribution in [3.8, 4) is 56.8 Å². The molecule has 0 saturated heterocycles. The maximum absolute atomic E-state index is 7.20. The van der Waals surface area contributed by atoms with Crippen molar-refractivity contribution in [2.45, 2.75) is 0 Å². The Hall–Kier alpha value is -7.02. The second-order valence-electron chi connectivity index (χ2n) is 13.7. The summed E-state index contributed by atoms with van der Waals surface area (Å²) in [4.78, 5) is 0. The Bertz CT molecular complexity index is 2550. The zero-order chi connectivity index (χ0) is 35.6. The summed E-state index contributed by atoms with van der Waals surface area (Å²) in [5, 5.41) is 2.17. The molecule has 0 amide bonds. The van der Waals surface area contributed by atoms with Crippen LogP contribution in [0.25, 0.3) is 22.3 Å². The third kappa shape index (κ3) is 4.50. The van der Waals surface area contributed by atoms with E-state index in [9.17, 15) is 0 Å². The van der Waals surface area contributed by atoms with Crippen LogP contribution >= 0.6 is 0 Å². The van der Waals surface area contributed by atoms with Gasteiger partial charge >= 0.3 is 8.40 Å². The van der Waals surface area contributed by atoms with Crippen LogP contribution in [0.2, 0.25) is 0 Å². The number of hydrogen-bond acceptors (Lipinski definition) is 5. The first kappa shape index (κ1) is 30.6. The maximum Gasteiger partial charge on any atom is 0.348 e. The highest BCUT2D eigenvalue weighted by molar-refractivity contribution is 7.10. The third-order valence-corrected chi connectivity index (χ3v) is 15.2. The van der Waals surface area contributed by atoms with Crippen molar-refractivity contribution in [3.05, 3.63) is 194 Å². The second-order valence-corrected chi connectivity index (χ2v) is 17.0. The summed E-state index contributed by atoms with van der Waals surface area (Å²) in [6, 6.07) is 68.1. The fourth-order valence-electron chi connectivity index (χ4n) is 8.36. The van der Waals surface area contributed by atoms with Crippen LogP contribution in [-0.4, -0.2) is 8.40 Å². The molecule has 8 aromatic carbocycles. The first-order chi connectivity index (χ1) is 26.8. The van der Waals surface area contributed by atoms with Crippen molar-refractivity contribution in [2.75, 3.05) is 9.13 Å². The molecule has 11 rings (SSSR count). The molecule has 0 fully saturated rings. The number of benzene rings is 8. The monoisotopic (exact) mass is 712 g/mol. The Balaban J connectivity index is 1.37. The van der Waals surface area contributed by atoms with Crippen LogP contribution in [0.3, 0.4) is 0 Å². The van der Waals surface area contributed by atoms with E-state index in [4.69, 9.17) is 14.2 Å². The van der Waals surface area contributed by atoms with E-state index < -0.39 is 8.40 Å². The lowest BCUT2D eigenvalue weighted by Gasteiger charge is -2.51. The predicted octanol–water partition coefficient (Wildman–Crippen LogP) is 11.6. The van der Waals surface area contributed by atoms with Gasteiger partial charge in [-0.25, -0.2) is 0 Å². The summed E-state index contributed by atoms with van der Waals surface area (Å²) >= 11 is 0. The van der Waals surface area contributed by atoms with E-state index in [1.807, 2.05) is 12.1 Å². The molecule has 3 heterocycles. The molecular formula is C48H32N2O3Si. The van der Waals surface area contributed by atoms with Gasteiger partial charge in [0, 0.05) is 10.4 Å². The minimum atomic E-state index is -3.66. The van der Waals surface area contributed by atoms with Gasteiger partial charge in [-0.2, -0.15) is 0 Å². The average Bonchev–Trinajstić information content (AvgIpc) is 3.44. The zero-order valence-electron chi connectivity index (χ0n) is 29.1. The van der Waals surface area contributed by atoms with Gasteiger partial charge < -0.3 is 23.3 Å². The van der Waals surface area contributed by atoms with Crippen LogP contribution in [0.1, 0.15) is 0 Å². The number of nitrogens with zero attached hydrogens (tertiary/aromatic N) is 2. The molecule has 54 heavy (non-hydrogen) atoms. The largest absolute Gasteiger partial charge is 0.455 e. The summed E-state index contributed by atoms with van der Waals surface area (Å²) in [6.07, 6.45) is 0. The number of para-hydroxylation sites is 6. The molecule has 0 bridgehead atoms. The molecule has 256 valence electrons. The van der Waals surface area contributed by atoms with Crippen molar-refractivity contribution in [1.82, 2.24) is 0 Å². The van der Waals surface area contributed by atoms with Gasteiger partial charge in [0.2, 0.25) is 0 Å². The molecule has 0 aromatic heterocycles. The van der Waals surface area contributed by atoms with Crippen LogP contribution < -0.4 is 33.7 Å². The van der Waals surface area contributed by atoms with Gasteiger partial charge in [-0.05, 0) is 82.9 Å². The first-order valence-corrected chi connectivity index (χ1v) is 20.1.